The minimum absolute atomic E-state index is 0.529. The average Bonchev–Trinajstić information content (AvgIpc) is 2.54. The number of carbonyl (C=O) groups is 1. The number of carbonyl (C=O) groups excluding carboxylic acids is 1. The van der Waals surface area contributed by atoms with E-state index in [4.69, 9.17) is 0 Å². The maximum atomic E-state index is 13.4. The number of hydrogen-bond acceptors (Lipinski definition) is 3. The minimum Gasteiger partial charge on any atom is -0.416 e. The van der Waals surface area contributed by atoms with E-state index in [1.807, 2.05) is 0 Å². The summed E-state index contributed by atoms with van der Waals surface area (Å²) in [6.07, 6.45) is -4.99. The molecule has 0 aliphatic rings. The van der Waals surface area contributed by atoms with Crippen molar-refractivity contribution in [3.8, 4) is 11.5 Å². The smallest absolute Gasteiger partial charge is 0.416 e. The number of hydrogen-bond donors (Lipinski definition) is 0. The summed E-state index contributed by atoms with van der Waals surface area (Å²) >= 11 is 0. The van der Waals surface area contributed by atoms with Gasteiger partial charge in [-0.05, 0) is 24.3 Å². The molecule has 0 N–H and O–H groups in total. The van der Waals surface area contributed by atoms with E-state index >= 15 is 0 Å². The number of esters is 1. The average molecular weight is 372 g/mol. The molecule has 0 aromatic heterocycles. The molecule has 25 heavy (non-hydrogen) atoms. The molecule has 0 amide bonds. The van der Waals surface area contributed by atoms with Gasteiger partial charge in [-0.3, -0.25) is 0 Å². The number of halogens is 8. The van der Waals surface area contributed by atoms with Crippen molar-refractivity contribution in [2.24, 2.45) is 0 Å². The Bertz CT molecular complexity index is 785. The van der Waals surface area contributed by atoms with Gasteiger partial charge in [-0.1, -0.05) is 0 Å². The molecule has 0 saturated carbocycles. The number of alkyl halides is 3. The van der Waals surface area contributed by atoms with Crippen LogP contribution in [0, 0.1) is 29.1 Å². The Hall–Kier alpha value is -2.85. The first-order chi connectivity index (χ1) is 11.5. The zero-order valence-corrected chi connectivity index (χ0v) is 11.6. The van der Waals surface area contributed by atoms with Crippen LogP contribution in [0.15, 0.2) is 24.3 Å². The van der Waals surface area contributed by atoms with Crippen molar-refractivity contribution in [3.63, 3.8) is 0 Å². The van der Waals surface area contributed by atoms with Crippen molar-refractivity contribution >= 4 is 5.97 Å². The molecule has 0 spiro atoms. The third-order valence-corrected chi connectivity index (χ3v) is 2.69. The fourth-order valence-corrected chi connectivity index (χ4v) is 1.62. The maximum Gasteiger partial charge on any atom is 0.573 e. The quantitative estimate of drug-likeness (QED) is 0.262. The van der Waals surface area contributed by atoms with E-state index in [9.17, 15) is 39.9 Å². The summed E-state index contributed by atoms with van der Waals surface area (Å²) in [5.74, 6) is -15.9. The molecule has 0 aliphatic heterocycles. The lowest BCUT2D eigenvalue weighted by Gasteiger charge is -2.10. The molecule has 3 nitrogen and oxygen atoms in total. The highest BCUT2D eigenvalue weighted by Gasteiger charge is 2.31. The van der Waals surface area contributed by atoms with Gasteiger partial charge < -0.3 is 9.47 Å². The van der Waals surface area contributed by atoms with Crippen LogP contribution in [0.5, 0.6) is 11.5 Å². The SMILES string of the molecule is O=C(Oc1c(F)c(F)c(F)c(F)c1F)c1ccc(OC(F)(F)F)cc1. The summed E-state index contributed by atoms with van der Waals surface area (Å²) in [6.45, 7) is 0. The Balaban J connectivity index is 2.26. The summed E-state index contributed by atoms with van der Waals surface area (Å²) in [6, 6.07) is 2.83. The summed E-state index contributed by atoms with van der Waals surface area (Å²) in [5.41, 5.74) is -0.529. The molecular weight excluding hydrogens is 368 g/mol. The fraction of sp³-hybridized carbons (Fsp3) is 0.0714. The molecule has 0 atom stereocenters. The van der Waals surface area contributed by atoms with Gasteiger partial charge in [0.1, 0.15) is 5.75 Å². The van der Waals surface area contributed by atoms with Crippen LogP contribution in [0.3, 0.4) is 0 Å². The van der Waals surface area contributed by atoms with Crippen LogP contribution >= 0.6 is 0 Å². The molecule has 0 heterocycles. The van der Waals surface area contributed by atoms with Gasteiger partial charge in [0, 0.05) is 0 Å². The van der Waals surface area contributed by atoms with Crippen LogP contribution in [0.4, 0.5) is 35.1 Å². The second-order valence-corrected chi connectivity index (χ2v) is 4.36. The Labute approximate surface area is 133 Å². The third kappa shape index (κ3) is 3.98. The minimum atomic E-state index is -4.99. The second-order valence-electron chi connectivity index (χ2n) is 4.36. The van der Waals surface area contributed by atoms with Crippen molar-refractivity contribution in [3.05, 3.63) is 58.9 Å². The van der Waals surface area contributed by atoms with Crippen molar-refractivity contribution < 1.29 is 49.4 Å². The normalized spacial score (nSPS) is 11.4. The van der Waals surface area contributed by atoms with Gasteiger partial charge in [0.05, 0.1) is 5.56 Å². The van der Waals surface area contributed by atoms with Crippen LogP contribution in [0.1, 0.15) is 10.4 Å². The van der Waals surface area contributed by atoms with Gasteiger partial charge in [0.15, 0.2) is 0 Å². The lowest BCUT2D eigenvalue weighted by atomic mass is 10.2. The Morgan fingerprint density at radius 1 is 0.760 bits per heavy atom. The van der Waals surface area contributed by atoms with Crippen molar-refractivity contribution in [2.75, 3.05) is 0 Å². The number of benzene rings is 2. The number of rotatable bonds is 3. The van der Waals surface area contributed by atoms with E-state index in [-0.39, 0.29) is 0 Å². The molecule has 2 rings (SSSR count). The number of ether oxygens (including phenoxy) is 2. The van der Waals surface area contributed by atoms with Gasteiger partial charge in [0.25, 0.3) is 0 Å². The summed E-state index contributed by atoms with van der Waals surface area (Å²) in [7, 11) is 0. The Morgan fingerprint density at radius 2 is 1.20 bits per heavy atom. The molecule has 0 unspecified atom stereocenters. The zero-order chi connectivity index (χ0) is 18.9. The predicted molar refractivity (Wildman–Crippen MR) is 64.3 cm³/mol. The summed E-state index contributed by atoms with van der Waals surface area (Å²) < 4.78 is 109. The molecule has 0 radical (unpaired) electrons. The van der Waals surface area contributed by atoms with Gasteiger partial charge in [-0.15, -0.1) is 13.2 Å². The molecule has 2 aromatic rings. The topological polar surface area (TPSA) is 35.5 Å². The first-order valence-electron chi connectivity index (χ1n) is 6.10. The van der Waals surface area contributed by atoms with E-state index in [1.54, 1.807) is 0 Å². The molecule has 11 heteroatoms. The highest BCUT2D eigenvalue weighted by atomic mass is 19.4. The van der Waals surface area contributed by atoms with Gasteiger partial charge >= 0.3 is 12.3 Å². The van der Waals surface area contributed by atoms with Crippen LogP contribution in [-0.4, -0.2) is 12.3 Å². The van der Waals surface area contributed by atoms with Crippen LogP contribution in [-0.2, 0) is 0 Å². The first kappa shape index (κ1) is 18.5. The van der Waals surface area contributed by atoms with E-state index < -0.39 is 58.5 Å². The largest absolute Gasteiger partial charge is 0.573 e. The fourth-order valence-electron chi connectivity index (χ4n) is 1.62. The third-order valence-electron chi connectivity index (χ3n) is 2.69. The Kier molecular flexibility index (Phi) is 4.86. The van der Waals surface area contributed by atoms with Gasteiger partial charge in [-0.25, -0.2) is 18.0 Å². The van der Waals surface area contributed by atoms with E-state index in [0.717, 1.165) is 12.1 Å². The summed E-state index contributed by atoms with van der Waals surface area (Å²) in [5, 5.41) is 0. The highest BCUT2D eigenvalue weighted by Crippen LogP contribution is 2.30. The zero-order valence-electron chi connectivity index (χ0n) is 11.6. The molecule has 0 saturated heterocycles. The lowest BCUT2D eigenvalue weighted by Crippen LogP contribution is -2.17. The molecule has 2 aromatic carbocycles. The van der Waals surface area contributed by atoms with Crippen LogP contribution in [0.2, 0.25) is 0 Å². The van der Waals surface area contributed by atoms with E-state index in [0.29, 0.717) is 12.1 Å². The molecule has 134 valence electrons. The summed E-state index contributed by atoms with van der Waals surface area (Å²) in [4.78, 5) is 11.7. The first-order valence-corrected chi connectivity index (χ1v) is 6.10. The van der Waals surface area contributed by atoms with Crippen molar-refractivity contribution in [1.82, 2.24) is 0 Å². The molecule has 0 bridgehead atoms. The maximum absolute atomic E-state index is 13.4. The van der Waals surface area contributed by atoms with E-state index in [1.165, 1.54) is 0 Å². The van der Waals surface area contributed by atoms with E-state index in [2.05, 4.69) is 9.47 Å². The lowest BCUT2D eigenvalue weighted by molar-refractivity contribution is -0.274. The van der Waals surface area contributed by atoms with Gasteiger partial charge in [-0.2, -0.15) is 8.78 Å². The monoisotopic (exact) mass is 372 g/mol. The molecule has 0 aliphatic carbocycles. The standard InChI is InChI=1S/C14H4F8O3/c15-7-8(16)10(18)12(11(19)9(7)17)24-13(23)5-1-3-6(4-2-5)25-14(20,21)22/h1-4H. The van der Waals surface area contributed by atoms with Crippen molar-refractivity contribution in [2.45, 2.75) is 6.36 Å². The van der Waals surface area contributed by atoms with Gasteiger partial charge in [0.2, 0.25) is 34.8 Å². The highest BCUT2D eigenvalue weighted by molar-refractivity contribution is 5.91. The van der Waals surface area contributed by atoms with Crippen LogP contribution in [0.25, 0.3) is 0 Å². The molecule has 0 fully saturated rings. The Morgan fingerprint density at radius 3 is 1.64 bits per heavy atom. The van der Waals surface area contributed by atoms with Crippen LogP contribution < -0.4 is 9.47 Å². The molecular formula is C14H4F8O3. The predicted octanol–water partition coefficient (Wildman–Crippen LogP) is 4.50. The second kappa shape index (κ2) is 6.57. The van der Waals surface area contributed by atoms with Crippen molar-refractivity contribution in [1.29, 1.82) is 0 Å².